The van der Waals surface area contributed by atoms with Gasteiger partial charge in [0, 0.05) is 19.0 Å². The second-order valence-corrected chi connectivity index (χ2v) is 5.83. The first-order valence-corrected chi connectivity index (χ1v) is 7.76. The molecule has 1 aromatic rings. The van der Waals surface area contributed by atoms with Crippen LogP contribution in [0.3, 0.4) is 0 Å². The minimum absolute atomic E-state index is 0.279. The molecule has 3 heteroatoms. The molecule has 2 rings (SSSR count). The summed E-state index contributed by atoms with van der Waals surface area (Å²) in [5.41, 5.74) is 6.72. The van der Waals surface area contributed by atoms with Crippen LogP contribution in [0.4, 0.5) is 0 Å². The van der Waals surface area contributed by atoms with E-state index in [1.54, 1.807) is 0 Å². The van der Waals surface area contributed by atoms with E-state index in [1.807, 2.05) is 18.2 Å². The Labute approximate surface area is 122 Å². The third-order valence-electron chi connectivity index (χ3n) is 4.16. The van der Waals surface area contributed by atoms with Crippen molar-refractivity contribution in [3.8, 4) is 0 Å². The summed E-state index contributed by atoms with van der Waals surface area (Å²) in [4.78, 5) is 14.6. The molecule has 2 N–H and O–H groups in total. The maximum absolute atomic E-state index is 12.5. The summed E-state index contributed by atoms with van der Waals surface area (Å²) in [6, 6.07) is 10.6. The number of carbonyl (C=O) groups is 1. The Bertz CT molecular complexity index is 414. The fourth-order valence-corrected chi connectivity index (χ4v) is 2.64. The van der Waals surface area contributed by atoms with Crippen LogP contribution in [0.5, 0.6) is 0 Å². The molecule has 20 heavy (non-hydrogen) atoms. The molecule has 0 radical (unpaired) electrons. The summed E-state index contributed by atoms with van der Waals surface area (Å²) >= 11 is 0. The van der Waals surface area contributed by atoms with E-state index in [2.05, 4.69) is 24.0 Å². The van der Waals surface area contributed by atoms with Gasteiger partial charge in [-0.3, -0.25) is 4.79 Å². The van der Waals surface area contributed by atoms with E-state index in [-0.39, 0.29) is 5.91 Å². The van der Waals surface area contributed by atoms with Gasteiger partial charge in [-0.05, 0) is 50.6 Å². The van der Waals surface area contributed by atoms with Crippen LogP contribution in [-0.4, -0.2) is 23.4 Å². The Kier molecular flexibility index (Phi) is 5.60. The van der Waals surface area contributed by atoms with Crippen LogP contribution < -0.4 is 5.73 Å². The van der Waals surface area contributed by atoms with Crippen LogP contribution in [0.25, 0.3) is 0 Å². The molecule has 1 unspecified atom stereocenters. The molecule has 0 aromatic heterocycles. The number of amides is 1. The van der Waals surface area contributed by atoms with Gasteiger partial charge in [-0.2, -0.15) is 0 Å². The normalized spacial score (nSPS) is 15.9. The zero-order chi connectivity index (χ0) is 14.4. The maximum Gasteiger partial charge on any atom is 0.223 e. The number of rotatable bonds is 8. The van der Waals surface area contributed by atoms with Gasteiger partial charge in [0.1, 0.15) is 0 Å². The van der Waals surface area contributed by atoms with Gasteiger partial charge < -0.3 is 10.6 Å². The number of nitrogens with zero attached hydrogens (tertiary/aromatic N) is 1. The predicted molar refractivity (Wildman–Crippen MR) is 82.1 cm³/mol. The van der Waals surface area contributed by atoms with Crippen molar-refractivity contribution >= 4 is 5.91 Å². The Morgan fingerprint density at radius 2 is 2.00 bits per heavy atom. The van der Waals surface area contributed by atoms with E-state index in [0.29, 0.717) is 24.9 Å². The lowest BCUT2D eigenvalue weighted by atomic mass is 10.1. The molecule has 1 atom stereocenters. The number of hydrogen-bond donors (Lipinski definition) is 1. The zero-order valence-electron chi connectivity index (χ0n) is 12.4. The highest BCUT2D eigenvalue weighted by atomic mass is 16.2. The van der Waals surface area contributed by atoms with Crippen molar-refractivity contribution in [1.29, 1.82) is 0 Å². The summed E-state index contributed by atoms with van der Waals surface area (Å²) < 4.78 is 0. The fraction of sp³-hybridized carbons (Fsp3) is 0.588. The highest BCUT2D eigenvalue weighted by Gasteiger charge is 2.33. The first-order valence-electron chi connectivity index (χ1n) is 7.76. The second kappa shape index (κ2) is 7.44. The van der Waals surface area contributed by atoms with E-state index >= 15 is 0 Å². The van der Waals surface area contributed by atoms with Gasteiger partial charge in [-0.1, -0.05) is 30.3 Å². The van der Waals surface area contributed by atoms with Gasteiger partial charge >= 0.3 is 0 Å². The van der Waals surface area contributed by atoms with Gasteiger partial charge in [0.25, 0.3) is 0 Å². The van der Waals surface area contributed by atoms with Gasteiger partial charge in [0.15, 0.2) is 0 Å². The maximum atomic E-state index is 12.5. The topological polar surface area (TPSA) is 46.3 Å². The van der Waals surface area contributed by atoms with Crippen LogP contribution in [0.15, 0.2) is 30.3 Å². The number of benzene rings is 1. The quantitative estimate of drug-likeness (QED) is 0.741. The van der Waals surface area contributed by atoms with E-state index in [9.17, 15) is 4.79 Å². The Morgan fingerprint density at radius 1 is 1.30 bits per heavy atom. The molecule has 1 aliphatic carbocycles. The molecule has 1 aromatic carbocycles. The number of unbranched alkanes of at least 4 members (excludes halogenated alkanes) is 1. The number of nitrogens with two attached hydrogens (primary N) is 1. The molecule has 0 saturated heterocycles. The molecule has 1 aliphatic rings. The molecule has 1 fully saturated rings. The first-order chi connectivity index (χ1) is 9.72. The third kappa shape index (κ3) is 4.34. The molecule has 1 amide bonds. The predicted octanol–water partition coefficient (Wildman–Crippen LogP) is 2.94. The minimum atomic E-state index is 0.279. The molecular weight excluding hydrogens is 248 g/mol. The molecule has 3 nitrogen and oxygen atoms in total. The van der Waals surface area contributed by atoms with E-state index < -0.39 is 0 Å². The van der Waals surface area contributed by atoms with Crippen LogP contribution in [0, 0.1) is 5.92 Å². The molecule has 110 valence electrons. The Hall–Kier alpha value is -1.35. The van der Waals surface area contributed by atoms with Crippen molar-refractivity contribution in [2.24, 2.45) is 11.7 Å². The molecule has 0 bridgehead atoms. The van der Waals surface area contributed by atoms with Crippen molar-refractivity contribution < 1.29 is 4.79 Å². The average Bonchev–Trinajstić information content (AvgIpc) is 3.30. The molecule has 0 aliphatic heterocycles. The van der Waals surface area contributed by atoms with Crippen LogP contribution in [0.2, 0.25) is 0 Å². The Morgan fingerprint density at radius 3 is 2.60 bits per heavy atom. The summed E-state index contributed by atoms with van der Waals surface area (Å²) in [7, 11) is 0. The van der Waals surface area contributed by atoms with Crippen molar-refractivity contribution in [2.45, 2.75) is 51.6 Å². The fourth-order valence-electron chi connectivity index (χ4n) is 2.64. The van der Waals surface area contributed by atoms with Crippen molar-refractivity contribution in [3.05, 3.63) is 35.9 Å². The minimum Gasteiger partial charge on any atom is -0.335 e. The second-order valence-electron chi connectivity index (χ2n) is 5.83. The van der Waals surface area contributed by atoms with Crippen molar-refractivity contribution in [2.75, 3.05) is 6.54 Å². The lowest BCUT2D eigenvalue weighted by Gasteiger charge is -2.30. The van der Waals surface area contributed by atoms with Gasteiger partial charge in [-0.15, -0.1) is 0 Å². The Balaban J connectivity index is 1.98. The third-order valence-corrected chi connectivity index (χ3v) is 4.16. The molecular formula is C17H26N2O. The molecule has 1 saturated carbocycles. The highest BCUT2D eigenvalue weighted by molar-refractivity contribution is 5.76. The van der Waals surface area contributed by atoms with Crippen molar-refractivity contribution in [3.63, 3.8) is 0 Å². The summed E-state index contributed by atoms with van der Waals surface area (Å²) in [6.45, 7) is 3.60. The molecule has 0 spiro atoms. The number of carbonyl (C=O) groups excluding carboxylic acids is 1. The van der Waals surface area contributed by atoms with Crippen LogP contribution in [0.1, 0.15) is 44.6 Å². The monoisotopic (exact) mass is 274 g/mol. The zero-order valence-corrected chi connectivity index (χ0v) is 12.4. The van der Waals surface area contributed by atoms with Crippen molar-refractivity contribution in [1.82, 2.24) is 4.90 Å². The summed E-state index contributed by atoms with van der Waals surface area (Å²) in [5, 5.41) is 0. The summed E-state index contributed by atoms with van der Waals surface area (Å²) in [5.74, 6) is 0.985. The lowest BCUT2D eigenvalue weighted by Crippen LogP contribution is -2.39. The van der Waals surface area contributed by atoms with E-state index in [1.165, 1.54) is 18.4 Å². The SMILES string of the molecule is CC(C1CC1)N(Cc1ccccc1)C(=O)CCCCN. The standard InChI is InChI=1S/C17H26N2O/c1-14(16-10-11-16)19(17(20)9-5-6-12-18)13-15-7-3-2-4-8-15/h2-4,7-8,14,16H,5-6,9-13,18H2,1H3. The first kappa shape index (κ1) is 15.0. The van der Waals surface area contributed by atoms with Gasteiger partial charge in [0.2, 0.25) is 5.91 Å². The van der Waals surface area contributed by atoms with E-state index in [4.69, 9.17) is 5.73 Å². The largest absolute Gasteiger partial charge is 0.335 e. The van der Waals surface area contributed by atoms with Crippen LogP contribution >= 0.6 is 0 Å². The lowest BCUT2D eigenvalue weighted by molar-refractivity contribution is -0.134. The average molecular weight is 274 g/mol. The highest BCUT2D eigenvalue weighted by Crippen LogP contribution is 2.36. The van der Waals surface area contributed by atoms with Crippen LogP contribution in [-0.2, 0) is 11.3 Å². The van der Waals surface area contributed by atoms with E-state index in [0.717, 1.165) is 19.4 Å². The summed E-state index contributed by atoms with van der Waals surface area (Å²) in [6.07, 6.45) is 4.99. The van der Waals surface area contributed by atoms with Gasteiger partial charge in [-0.25, -0.2) is 0 Å². The number of hydrogen-bond acceptors (Lipinski definition) is 2. The molecule has 0 heterocycles. The smallest absolute Gasteiger partial charge is 0.223 e. The van der Waals surface area contributed by atoms with Gasteiger partial charge in [0.05, 0.1) is 0 Å².